The van der Waals surface area contributed by atoms with Crippen molar-refractivity contribution in [2.75, 3.05) is 13.1 Å². The highest BCUT2D eigenvalue weighted by Gasteiger charge is 2.32. The van der Waals surface area contributed by atoms with E-state index < -0.39 is 0 Å². The van der Waals surface area contributed by atoms with Gasteiger partial charge in [-0.05, 0) is 19.3 Å². The smallest absolute Gasteiger partial charge is 0.226 e. The molecule has 0 saturated carbocycles. The fourth-order valence-corrected chi connectivity index (χ4v) is 3.20. The van der Waals surface area contributed by atoms with Gasteiger partial charge >= 0.3 is 0 Å². The first-order valence-corrected chi connectivity index (χ1v) is 7.23. The minimum atomic E-state index is -0.239. The topological polar surface area (TPSA) is 81.2 Å². The zero-order valence-electron chi connectivity index (χ0n) is 11.5. The maximum absolute atomic E-state index is 12.5. The van der Waals surface area contributed by atoms with Crippen molar-refractivity contribution >= 4 is 11.8 Å². The third-order valence-electron chi connectivity index (χ3n) is 4.51. The number of rotatable bonds is 2. The molecule has 3 rings (SSSR count). The second-order valence-corrected chi connectivity index (χ2v) is 5.73. The molecular weight excluding hydrogens is 256 g/mol. The van der Waals surface area contributed by atoms with Crippen LogP contribution in [0.5, 0.6) is 0 Å². The van der Waals surface area contributed by atoms with E-state index in [9.17, 15) is 9.59 Å². The van der Waals surface area contributed by atoms with E-state index in [1.165, 1.54) is 0 Å². The first-order chi connectivity index (χ1) is 9.65. The van der Waals surface area contributed by atoms with Gasteiger partial charge in [-0.1, -0.05) is 0 Å². The van der Waals surface area contributed by atoms with Crippen molar-refractivity contribution in [2.45, 2.75) is 32.2 Å². The lowest BCUT2D eigenvalue weighted by molar-refractivity contribution is -0.139. The van der Waals surface area contributed by atoms with E-state index in [2.05, 4.69) is 9.55 Å². The van der Waals surface area contributed by atoms with E-state index in [4.69, 9.17) is 5.73 Å². The molecule has 1 saturated heterocycles. The van der Waals surface area contributed by atoms with Crippen LogP contribution in [0, 0.1) is 11.8 Å². The lowest BCUT2D eigenvalue weighted by atomic mass is 9.92. The number of aromatic nitrogens is 2. The first-order valence-electron chi connectivity index (χ1n) is 7.23. The number of likely N-dealkylation sites (tertiary alicyclic amines) is 1. The third kappa shape index (κ3) is 2.42. The van der Waals surface area contributed by atoms with Gasteiger partial charge in [-0.25, -0.2) is 4.98 Å². The van der Waals surface area contributed by atoms with Gasteiger partial charge in [0.25, 0.3) is 0 Å². The van der Waals surface area contributed by atoms with Crippen LogP contribution >= 0.6 is 0 Å². The molecule has 0 aromatic carbocycles. The SMILES string of the molecule is NC(=O)C1CCN(C(=O)C2CCn3ccnc3C2)CC1. The number of hydrogen-bond donors (Lipinski definition) is 1. The number of imidazole rings is 1. The molecule has 3 heterocycles. The number of carbonyl (C=O) groups excluding carboxylic acids is 2. The number of carbonyl (C=O) groups is 2. The molecule has 20 heavy (non-hydrogen) atoms. The van der Waals surface area contributed by atoms with E-state index in [1.54, 1.807) is 6.20 Å². The van der Waals surface area contributed by atoms with Gasteiger partial charge in [0, 0.05) is 50.3 Å². The van der Waals surface area contributed by atoms with Crippen molar-refractivity contribution in [1.29, 1.82) is 0 Å². The van der Waals surface area contributed by atoms with Crippen LogP contribution < -0.4 is 5.73 Å². The summed E-state index contributed by atoms with van der Waals surface area (Å²) in [6.07, 6.45) is 6.75. The summed E-state index contributed by atoms with van der Waals surface area (Å²) >= 11 is 0. The molecule has 0 aliphatic carbocycles. The number of amides is 2. The van der Waals surface area contributed by atoms with Gasteiger partial charge in [-0.3, -0.25) is 9.59 Å². The lowest BCUT2D eigenvalue weighted by Gasteiger charge is -2.34. The van der Waals surface area contributed by atoms with Crippen LogP contribution in [-0.2, 0) is 22.6 Å². The summed E-state index contributed by atoms with van der Waals surface area (Å²) < 4.78 is 2.11. The molecule has 1 unspecified atom stereocenters. The summed E-state index contributed by atoms with van der Waals surface area (Å²) in [4.78, 5) is 29.9. The number of primary amides is 1. The molecule has 0 bridgehead atoms. The number of hydrogen-bond acceptors (Lipinski definition) is 3. The molecule has 1 aromatic heterocycles. The molecule has 6 heteroatoms. The van der Waals surface area contributed by atoms with Gasteiger partial charge in [0.05, 0.1) is 0 Å². The predicted octanol–water partition coefficient (Wildman–Crippen LogP) is 0.169. The van der Waals surface area contributed by atoms with E-state index >= 15 is 0 Å². The number of nitrogens with two attached hydrogens (primary N) is 1. The van der Waals surface area contributed by atoms with Gasteiger partial charge in [-0.2, -0.15) is 0 Å². The monoisotopic (exact) mass is 276 g/mol. The highest BCUT2D eigenvalue weighted by molar-refractivity contribution is 5.80. The summed E-state index contributed by atoms with van der Waals surface area (Å²) in [5, 5.41) is 0. The Labute approximate surface area is 117 Å². The maximum Gasteiger partial charge on any atom is 0.226 e. The normalized spacial score (nSPS) is 23.4. The molecule has 1 fully saturated rings. The number of fused-ring (bicyclic) bond motifs is 1. The molecule has 2 amide bonds. The summed E-state index contributed by atoms with van der Waals surface area (Å²) in [7, 11) is 0. The highest BCUT2D eigenvalue weighted by atomic mass is 16.2. The van der Waals surface area contributed by atoms with Gasteiger partial charge < -0.3 is 15.2 Å². The Morgan fingerprint density at radius 2 is 1.85 bits per heavy atom. The largest absolute Gasteiger partial charge is 0.369 e. The molecule has 6 nitrogen and oxygen atoms in total. The van der Waals surface area contributed by atoms with Crippen molar-refractivity contribution in [2.24, 2.45) is 17.6 Å². The van der Waals surface area contributed by atoms with Crippen LogP contribution in [0.1, 0.15) is 25.1 Å². The van der Waals surface area contributed by atoms with E-state index in [0.29, 0.717) is 25.9 Å². The number of nitrogens with zero attached hydrogens (tertiary/aromatic N) is 3. The van der Waals surface area contributed by atoms with Crippen LogP contribution in [0.3, 0.4) is 0 Å². The summed E-state index contributed by atoms with van der Waals surface area (Å²) in [6.45, 7) is 2.16. The molecule has 0 radical (unpaired) electrons. The summed E-state index contributed by atoms with van der Waals surface area (Å²) in [5.74, 6) is 0.944. The molecule has 1 aromatic rings. The Morgan fingerprint density at radius 1 is 1.15 bits per heavy atom. The van der Waals surface area contributed by atoms with Gasteiger partial charge in [-0.15, -0.1) is 0 Å². The average molecular weight is 276 g/mol. The van der Waals surface area contributed by atoms with Crippen LogP contribution in [0.4, 0.5) is 0 Å². The summed E-state index contributed by atoms with van der Waals surface area (Å²) in [6, 6.07) is 0. The average Bonchev–Trinajstić information content (AvgIpc) is 2.94. The Hall–Kier alpha value is -1.85. The van der Waals surface area contributed by atoms with Crippen LogP contribution in [0.15, 0.2) is 12.4 Å². The third-order valence-corrected chi connectivity index (χ3v) is 4.51. The van der Waals surface area contributed by atoms with E-state index in [0.717, 1.165) is 25.2 Å². The van der Waals surface area contributed by atoms with Gasteiger partial charge in [0.2, 0.25) is 11.8 Å². The van der Waals surface area contributed by atoms with Crippen LogP contribution in [0.2, 0.25) is 0 Å². The Balaban J connectivity index is 1.59. The number of aryl methyl sites for hydroxylation is 1. The highest BCUT2D eigenvalue weighted by Crippen LogP contribution is 2.24. The molecule has 2 N–H and O–H groups in total. The van der Waals surface area contributed by atoms with Crippen molar-refractivity contribution < 1.29 is 9.59 Å². The second kappa shape index (κ2) is 5.26. The predicted molar refractivity (Wildman–Crippen MR) is 72.5 cm³/mol. The zero-order valence-corrected chi connectivity index (χ0v) is 11.5. The Morgan fingerprint density at radius 3 is 2.55 bits per heavy atom. The molecule has 2 aliphatic rings. The summed E-state index contributed by atoms with van der Waals surface area (Å²) in [5.41, 5.74) is 5.32. The standard InChI is InChI=1S/C14H20N4O2/c15-13(19)10-1-6-18(7-2-10)14(20)11-3-5-17-8-4-16-12(17)9-11/h4,8,10-11H,1-3,5-7,9H2,(H2,15,19). The molecule has 108 valence electrons. The van der Waals surface area contributed by atoms with Gasteiger partial charge in [0.1, 0.15) is 5.82 Å². The van der Waals surface area contributed by atoms with Crippen LogP contribution in [0.25, 0.3) is 0 Å². The Bertz CT molecular complexity index is 517. The molecule has 0 spiro atoms. The quantitative estimate of drug-likeness (QED) is 0.836. The fourth-order valence-electron chi connectivity index (χ4n) is 3.20. The number of piperidine rings is 1. The van der Waals surface area contributed by atoms with Crippen molar-refractivity contribution in [1.82, 2.24) is 14.5 Å². The maximum atomic E-state index is 12.5. The minimum absolute atomic E-state index is 0.0371. The second-order valence-electron chi connectivity index (χ2n) is 5.73. The van der Waals surface area contributed by atoms with Crippen LogP contribution in [-0.4, -0.2) is 39.4 Å². The zero-order chi connectivity index (χ0) is 14.1. The molecule has 2 aliphatic heterocycles. The van der Waals surface area contributed by atoms with E-state index in [1.807, 2.05) is 11.1 Å². The van der Waals surface area contributed by atoms with Crippen molar-refractivity contribution in [3.63, 3.8) is 0 Å². The fraction of sp³-hybridized carbons (Fsp3) is 0.643. The molecular formula is C14H20N4O2. The van der Waals surface area contributed by atoms with Crippen molar-refractivity contribution in [3.05, 3.63) is 18.2 Å². The van der Waals surface area contributed by atoms with Crippen molar-refractivity contribution in [3.8, 4) is 0 Å². The Kier molecular flexibility index (Phi) is 3.46. The molecule has 1 atom stereocenters. The first kappa shape index (κ1) is 13.1. The minimum Gasteiger partial charge on any atom is -0.369 e. The van der Waals surface area contributed by atoms with Gasteiger partial charge in [0.15, 0.2) is 0 Å². The lowest BCUT2D eigenvalue weighted by Crippen LogP contribution is -2.45. The van der Waals surface area contributed by atoms with E-state index in [-0.39, 0.29) is 23.7 Å².